The van der Waals surface area contributed by atoms with Crippen molar-refractivity contribution in [3.63, 3.8) is 0 Å². The number of phenols is 1. The summed E-state index contributed by atoms with van der Waals surface area (Å²) in [5.74, 6) is -0.884. The van der Waals surface area contributed by atoms with Crippen molar-refractivity contribution >= 4 is 40.7 Å². The zero-order chi connectivity index (χ0) is 15.4. The Hall–Kier alpha value is -0.680. The van der Waals surface area contributed by atoms with Gasteiger partial charge in [0.25, 0.3) is 5.91 Å². The fourth-order valence-corrected chi connectivity index (χ4v) is 2.51. The molecule has 3 N–H and O–H groups in total. The first-order valence-corrected chi connectivity index (χ1v) is 7.20. The van der Waals surface area contributed by atoms with Crippen LogP contribution >= 0.6 is 34.8 Å². The monoisotopic (exact) mass is 339 g/mol. The lowest BCUT2D eigenvalue weighted by Crippen LogP contribution is -2.29. The van der Waals surface area contributed by atoms with E-state index in [1.807, 2.05) is 6.92 Å². The summed E-state index contributed by atoms with van der Waals surface area (Å²) in [5, 5.41) is 21.7. The van der Waals surface area contributed by atoms with Gasteiger partial charge in [-0.05, 0) is 25.3 Å². The SMILES string of the molecule is CC(O)CC(C)CNC(=O)c1c(O)c(Cl)cc(Cl)c1Cl. The third-order valence-electron chi connectivity index (χ3n) is 2.73. The van der Waals surface area contributed by atoms with E-state index in [1.54, 1.807) is 6.92 Å². The summed E-state index contributed by atoms with van der Waals surface area (Å²) < 4.78 is 0. The summed E-state index contributed by atoms with van der Waals surface area (Å²) in [7, 11) is 0. The molecule has 0 saturated heterocycles. The highest BCUT2D eigenvalue weighted by Crippen LogP contribution is 2.38. The lowest BCUT2D eigenvalue weighted by Gasteiger charge is -2.15. The molecule has 4 nitrogen and oxygen atoms in total. The Morgan fingerprint density at radius 2 is 1.90 bits per heavy atom. The standard InChI is InChI=1S/C13H16Cl3NO3/c1-6(3-7(2)18)5-17-13(20)10-11(16)8(14)4-9(15)12(10)19/h4,6-7,18-19H,3,5H2,1-2H3,(H,17,20). The van der Waals surface area contributed by atoms with Gasteiger partial charge in [0, 0.05) is 6.54 Å². The van der Waals surface area contributed by atoms with Gasteiger partial charge in [-0.3, -0.25) is 4.79 Å². The van der Waals surface area contributed by atoms with Crippen LogP contribution in [-0.4, -0.2) is 28.8 Å². The molecule has 0 heterocycles. The molecule has 2 atom stereocenters. The van der Waals surface area contributed by atoms with Crippen LogP contribution < -0.4 is 5.32 Å². The molecule has 112 valence electrons. The van der Waals surface area contributed by atoms with Crippen LogP contribution in [0.1, 0.15) is 30.6 Å². The van der Waals surface area contributed by atoms with Crippen molar-refractivity contribution in [2.75, 3.05) is 6.54 Å². The van der Waals surface area contributed by atoms with E-state index < -0.39 is 17.8 Å². The summed E-state index contributed by atoms with van der Waals surface area (Å²) in [6.45, 7) is 3.90. The maximum atomic E-state index is 12.0. The molecule has 2 unspecified atom stereocenters. The van der Waals surface area contributed by atoms with Crippen molar-refractivity contribution in [1.82, 2.24) is 5.32 Å². The number of amides is 1. The van der Waals surface area contributed by atoms with Gasteiger partial charge in [0.05, 0.1) is 21.2 Å². The van der Waals surface area contributed by atoms with Crippen molar-refractivity contribution in [2.24, 2.45) is 5.92 Å². The topological polar surface area (TPSA) is 69.6 Å². The van der Waals surface area contributed by atoms with Gasteiger partial charge in [-0.15, -0.1) is 0 Å². The number of rotatable bonds is 5. The maximum absolute atomic E-state index is 12.0. The molecule has 0 spiro atoms. The highest BCUT2D eigenvalue weighted by molar-refractivity contribution is 6.45. The van der Waals surface area contributed by atoms with E-state index in [9.17, 15) is 15.0 Å². The third kappa shape index (κ3) is 4.42. The molecule has 20 heavy (non-hydrogen) atoms. The van der Waals surface area contributed by atoms with Crippen molar-refractivity contribution in [1.29, 1.82) is 0 Å². The molecule has 1 amide bonds. The van der Waals surface area contributed by atoms with E-state index in [2.05, 4.69) is 5.32 Å². The van der Waals surface area contributed by atoms with Crippen LogP contribution in [0.4, 0.5) is 0 Å². The summed E-state index contributed by atoms with van der Waals surface area (Å²) >= 11 is 17.5. The Morgan fingerprint density at radius 3 is 2.45 bits per heavy atom. The Morgan fingerprint density at radius 1 is 1.30 bits per heavy atom. The second-order valence-electron chi connectivity index (χ2n) is 4.78. The van der Waals surface area contributed by atoms with Gasteiger partial charge in [0.15, 0.2) is 0 Å². The number of carbonyl (C=O) groups excluding carboxylic acids is 1. The zero-order valence-corrected chi connectivity index (χ0v) is 13.4. The van der Waals surface area contributed by atoms with Crippen LogP contribution in [0.3, 0.4) is 0 Å². The minimum Gasteiger partial charge on any atom is -0.505 e. The third-order valence-corrected chi connectivity index (χ3v) is 3.80. The summed E-state index contributed by atoms with van der Waals surface area (Å²) in [4.78, 5) is 12.0. The van der Waals surface area contributed by atoms with Crippen LogP contribution in [0.15, 0.2) is 6.07 Å². The average molecular weight is 341 g/mol. The van der Waals surface area contributed by atoms with Gasteiger partial charge in [-0.25, -0.2) is 0 Å². The van der Waals surface area contributed by atoms with E-state index in [0.29, 0.717) is 13.0 Å². The number of phenolic OH excluding ortho intramolecular Hbond substituents is 1. The lowest BCUT2D eigenvalue weighted by atomic mass is 10.0. The zero-order valence-electron chi connectivity index (χ0n) is 11.1. The van der Waals surface area contributed by atoms with Crippen LogP contribution in [0, 0.1) is 5.92 Å². The van der Waals surface area contributed by atoms with E-state index in [4.69, 9.17) is 34.8 Å². The van der Waals surface area contributed by atoms with Crippen LogP contribution in [0.2, 0.25) is 15.1 Å². The molecule has 0 radical (unpaired) electrons. The average Bonchev–Trinajstić information content (AvgIpc) is 2.33. The quantitative estimate of drug-likeness (QED) is 0.719. The Kier molecular flexibility index (Phi) is 6.40. The van der Waals surface area contributed by atoms with Crippen molar-refractivity contribution in [3.8, 4) is 5.75 Å². The molecule has 0 saturated carbocycles. The smallest absolute Gasteiger partial charge is 0.256 e. The van der Waals surface area contributed by atoms with Gasteiger partial charge in [-0.1, -0.05) is 41.7 Å². The molecule has 1 aromatic rings. The number of aromatic hydroxyl groups is 1. The van der Waals surface area contributed by atoms with E-state index in [0.717, 1.165) is 0 Å². The number of hydrogen-bond donors (Lipinski definition) is 3. The highest BCUT2D eigenvalue weighted by Gasteiger charge is 2.21. The summed E-state index contributed by atoms with van der Waals surface area (Å²) in [6.07, 6.45) is 0.107. The normalized spacial score (nSPS) is 13.9. The number of aliphatic hydroxyl groups excluding tert-OH is 1. The second kappa shape index (κ2) is 7.36. The number of halogens is 3. The Balaban J connectivity index is 2.83. The molecule has 0 aliphatic carbocycles. The van der Waals surface area contributed by atoms with Crippen molar-refractivity contribution < 1.29 is 15.0 Å². The van der Waals surface area contributed by atoms with Crippen LogP contribution in [0.25, 0.3) is 0 Å². The summed E-state index contributed by atoms with van der Waals surface area (Å²) in [6, 6.07) is 1.27. The first-order valence-electron chi connectivity index (χ1n) is 6.06. The molecule has 0 fully saturated rings. The van der Waals surface area contributed by atoms with Crippen molar-refractivity contribution in [2.45, 2.75) is 26.4 Å². The van der Waals surface area contributed by atoms with Crippen LogP contribution in [-0.2, 0) is 0 Å². The van der Waals surface area contributed by atoms with E-state index in [-0.39, 0.29) is 26.5 Å². The minimum atomic E-state index is -0.561. The molecule has 1 rings (SSSR count). The number of benzene rings is 1. The maximum Gasteiger partial charge on any atom is 0.256 e. The predicted octanol–water partition coefficient (Wildman–Crippen LogP) is 3.49. The second-order valence-corrected chi connectivity index (χ2v) is 5.97. The Labute approximate surface area is 132 Å². The van der Waals surface area contributed by atoms with Gasteiger partial charge in [0.1, 0.15) is 11.3 Å². The highest BCUT2D eigenvalue weighted by atomic mass is 35.5. The predicted molar refractivity (Wildman–Crippen MR) is 80.9 cm³/mol. The molecule has 1 aromatic carbocycles. The number of nitrogens with one attached hydrogen (secondary N) is 1. The molecular formula is C13H16Cl3NO3. The van der Waals surface area contributed by atoms with Gasteiger partial charge < -0.3 is 15.5 Å². The first-order chi connectivity index (χ1) is 9.23. The van der Waals surface area contributed by atoms with E-state index in [1.165, 1.54) is 6.07 Å². The van der Waals surface area contributed by atoms with Gasteiger partial charge >= 0.3 is 0 Å². The lowest BCUT2D eigenvalue weighted by molar-refractivity contribution is 0.0937. The molecule has 0 bridgehead atoms. The number of aliphatic hydroxyl groups is 1. The fraction of sp³-hybridized carbons (Fsp3) is 0.462. The van der Waals surface area contributed by atoms with Crippen LogP contribution in [0.5, 0.6) is 5.75 Å². The molecular weight excluding hydrogens is 325 g/mol. The first kappa shape index (κ1) is 17.4. The Bertz CT molecular complexity index is 480. The molecule has 0 aliphatic heterocycles. The largest absolute Gasteiger partial charge is 0.505 e. The molecule has 0 aliphatic rings. The van der Waals surface area contributed by atoms with Crippen molar-refractivity contribution in [3.05, 3.63) is 26.7 Å². The fourth-order valence-electron chi connectivity index (χ4n) is 1.81. The van der Waals surface area contributed by atoms with Gasteiger partial charge in [-0.2, -0.15) is 0 Å². The minimum absolute atomic E-state index is 0.0402. The number of hydrogen-bond acceptors (Lipinski definition) is 3. The number of carbonyl (C=O) groups is 1. The van der Waals surface area contributed by atoms with Gasteiger partial charge in [0.2, 0.25) is 0 Å². The summed E-state index contributed by atoms with van der Waals surface area (Å²) in [5.41, 5.74) is -0.145. The molecule has 0 aromatic heterocycles. The molecule has 7 heteroatoms. The van der Waals surface area contributed by atoms with E-state index >= 15 is 0 Å².